The number of aromatic hydroxyl groups is 1. The topological polar surface area (TPSA) is 61.4 Å². The normalized spacial score (nSPS) is 10.1. The number of carbonyl (C=O) groups excluding carboxylic acids is 1. The SMILES string of the molecule is CC(C)CNC(=O)Nc1ccc(O)cc1. The molecule has 0 saturated heterocycles. The van der Waals surface area contributed by atoms with Crippen LogP contribution in [0.1, 0.15) is 13.8 Å². The smallest absolute Gasteiger partial charge is 0.319 e. The first-order chi connectivity index (χ1) is 7.08. The predicted octanol–water partition coefficient (Wildman–Crippen LogP) is 2.17. The van der Waals surface area contributed by atoms with Gasteiger partial charge in [-0.05, 0) is 30.2 Å². The van der Waals surface area contributed by atoms with Crippen molar-refractivity contribution >= 4 is 11.7 Å². The Morgan fingerprint density at radius 2 is 1.93 bits per heavy atom. The van der Waals surface area contributed by atoms with Crippen LogP contribution in [0.5, 0.6) is 5.75 Å². The average Bonchev–Trinajstić information content (AvgIpc) is 2.19. The van der Waals surface area contributed by atoms with Crippen LogP contribution in [0.3, 0.4) is 0 Å². The van der Waals surface area contributed by atoms with Crippen LogP contribution in [0.25, 0.3) is 0 Å². The fourth-order valence-corrected chi connectivity index (χ4v) is 1.02. The molecule has 4 nitrogen and oxygen atoms in total. The average molecular weight is 208 g/mol. The maximum absolute atomic E-state index is 11.3. The molecule has 0 unspecified atom stereocenters. The van der Waals surface area contributed by atoms with E-state index < -0.39 is 0 Å². The Kier molecular flexibility index (Phi) is 3.97. The number of rotatable bonds is 3. The minimum Gasteiger partial charge on any atom is -0.508 e. The molecule has 0 aliphatic carbocycles. The third kappa shape index (κ3) is 4.35. The summed E-state index contributed by atoms with van der Waals surface area (Å²) in [4.78, 5) is 11.3. The molecule has 0 heterocycles. The van der Waals surface area contributed by atoms with Crippen LogP contribution in [0, 0.1) is 5.92 Å². The molecule has 0 radical (unpaired) electrons. The van der Waals surface area contributed by atoms with E-state index in [1.54, 1.807) is 12.1 Å². The van der Waals surface area contributed by atoms with Crippen molar-refractivity contribution < 1.29 is 9.90 Å². The Morgan fingerprint density at radius 1 is 1.33 bits per heavy atom. The first-order valence-corrected chi connectivity index (χ1v) is 4.92. The highest BCUT2D eigenvalue weighted by Crippen LogP contribution is 2.13. The Bertz CT molecular complexity index is 320. The predicted molar refractivity (Wildman–Crippen MR) is 60.0 cm³/mol. The molecule has 0 fully saturated rings. The summed E-state index contributed by atoms with van der Waals surface area (Å²) >= 11 is 0. The lowest BCUT2D eigenvalue weighted by atomic mass is 10.2. The number of urea groups is 1. The Hall–Kier alpha value is -1.71. The van der Waals surface area contributed by atoms with Gasteiger partial charge in [-0.15, -0.1) is 0 Å². The summed E-state index contributed by atoms with van der Waals surface area (Å²) in [5.74, 6) is 0.610. The number of hydrogen-bond acceptors (Lipinski definition) is 2. The summed E-state index contributed by atoms with van der Waals surface area (Å²) < 4.78 is 0. The highest BCUT2D eigenvalue weighted by molar-refractivity contribution is 5.89. The second-order valence-corrected chi connectivity index (χ2v) is 3.78. The minimum atomic E-state index is -0.227. The summed E-state index contributed by atoms with van der Waals surface area (Å²) in [6.07, 6.45) is 0. The zero-order valence-corrected chi connectivity index (χ0v) is 8.95. The van der Waals surface area contributed by atoms with Crippen LogP contribution in [0.4, 0.5) is 10.5 Å². The van der Waals surface area contributed by atoms with Crippen molar-refractivity contribution in [2.75, 3.05) is 11.9 Å². The molecule has 0 saturated carbocycles. The molecule has 1 aromatic carbocycles. The number of anilines is 1. The molecule has 1 aromatic rings. The second kappa shape index (κ2) is 5.24. The molecular formula is C11H16N2O2. The van der Waals surface area contributed by atoms with Crippen LogP contribution in [0.15, 0.2) is 24.3 Å². The molecule has 0 aliphatic heterocycles. The number of nitrogens with one attached hydrogen (secondary N) is 2. The van der Waals surface area contributed by atoms with Gasteiger partial charge in [-0.3, -0.25) is 0 Å². The van der Waals surface area contributed by atoms with Crippen LogP contribution in [-0.2, 0) is 0 Å². The molecule has 0 bridgehead atoms. The van der Waals surface area contributed by atoms with Crippen LogP contribution in [0.2, 0.25) is 0 Å². The molecule has 1 rings (SSSR count). The maximum Gasteiger partial charge on any atom is 0.319 e. The van der Waals surface area contributed by atoms with Gasteiger partial charge in [0.15, 0.2) is 0 Å². The number of benzene rings is 1. The number of amides is 2. The van der Waals surface area contributed by atoms with Gasteiger partial charge in [-0.1, -0.05) is 13.8 Å². The van der Waals surface area contributed by atoms with Gasteiger partial charge < -0.3 is 15.7 Å². The summed E-state index contributed by atoms with van der Waals surface area (Å²) in [5.41, 5.74) is 0.661. The Morgan fingerprint density at radius 3 is 2.47 bits per heavy atom. The molecule has 0 aliphatic rings. The molecule has 0 aromatic heterocycles. The lowest BCUT2D eigenvalue weighted by Gasteiger charge is -2.09. The van der Waals surface area contributed by atoms with E-state index in [1.807, 2.05) is 13.8 Å². The van der Waals surface area contributed by atoms with Crippen molar-refractivity contribution in [1.29, 1.82) is 0 Å². The van der Waals surface area contributed by atoms with E-state index in [-0.39, 0.29) is 11.8 Å². The third-order valence-electron chi connectivity index (χ3n) is 1.80. The summed E-state index contributed by atoms with van der Waals surface area (Å²) in [6, 6.07) is 6.11. The van der Waals surface area contributed by atoms with Gasteiger partial charge in [0, 0.05) is 12.2 Å². The van der Waals surface area contributed by atoms with E-state index in [0.29, 0.717) is 18.2 Å². The van der Waals surface area contributed by atoms with E-state index in [9.17, 15) is 4.79 Å². The lowest BCUT2D eigenvalue weighted by molar-refractivity contribution is 0.251. The molecular weight excluding hydrogens is 192 g/mol. The van der Waals surface area contributed by atoms with Crippen LogP contribution in [-0.4, -0.2) is 17.7 Å². The molecule has 15 heavy (non-hydrogen) atoms. The quantitative estimate of drug-likeness (QED) is 0.667. The standard InChI is InChI=1S/C11H16N2O2/c1-8(2)7-12-11(15)13-9-3-5-10(14)6-4-9/h3-6,8,14H,7H2,1-2H3,(H2,12,13,15). The summed E-state index contributed by atoms with van der Waals surface area (Å²) in [5, 5.41) is 14.4. The maximum atomic E-state index is 11.3. The highest BCUT2D eigenvalue weighted by atomic mass is 16.3. The third-order valence-corrected chi connectivity index (χ3v) is 1.80. The fraction of sp³-hybridized carbons (Fsp3) is 0.364. The zero-order valence-electron chi connectivity index (χ0n) is 8.95. The summed E-state index contributed by atoms with van der Waals surface area (Å²) in [7, 11) is 0. The molecule has 82 valence electrons. The van der Waals surface area contributed by atoms with Gasteiger partial charge in [0.1, 0.15) is 5.75 Å². The summed E-state index contributed by atoms with van der Waals surface area (Å²) in [6.45, 7) is 4.70. The molecule has 4 heteroatoms. The number of hydrogen-bond donors (Lipinski definition) is 3. The van der Waals surface area contributed by atoms with Gasteiger partial charge in [0.05, 0.1) is 0 Å². The van der Waals surface area contributed by atoms with Gasteiger partial charge in [-0.2, -0.15) is 0 Å². The van der Waals surface area contributed by atoms with Gasteiger partial charge in [-0.25, -0.2) is 4.79 Å². The van der Waals surface area contributed by atoms with E-state index in [1.165, 1.54) is 12.1 Å². The van der Waals surface area contributed by atoms with Crippen LogP contribution >= 0.6 is 0 Å². The van der Waals surface area contributed by atoms with E-state index >= 15 is 0 Å². The van der Waals surface area contributed by atoms with Gasteiger partial charge in [0.2, 0.25) is 0 Å². The van der Waals surface area contributed by atoms with Crippen molar-refractivity contribution in [3.8, 4) is 5.75 Å². The zero-order chi connectivity index (χ0) is 11.3. The first-order valence-electron chi connectivity index (χ1n) is 4.92. The van der Waals surface area contributed by atoms with Crippen molar-refractivity contribution in [1.82, 2.24) is 5.32 Å². The molecule has 0 atom stereocenters. The van der Waals surface area contributed by atoms with Crippen molar-refractivity contribution in [3.63, 3.8) is 0 Å². The van der Waals surface area contributed by atoms with E-state index in [4.69, 9.17) is 5.11 Å². The lowest BCUT2D eigenvalue weighted by Crippen LogP contribution is -2.31. The van der Waals surface area contributed by atoms with E-state index in [2.05, 4.69) is 10.6 Å². The van der Waals surface area contributed by atoms with Crippen molar-refractivity contribution in [3.05, 3.63) is 24.3 Å². The monoisotopic (exact) mass is 208 g/mol. The highest BCUT2D eigenvalue weighted by Gasteiger charge is 2.01. The largest absolute Gasteiger partial charge is 0.508 e. The van der Waals surface area contributed by atoms with Crippen molar-refractivity contribution in [2.45, 2.75) is 13.8 Å². The first kappa shape index (κ1) is 11.4. The van der Waals surface area contributed by atoms with Crippen LogP contribution < -0.4 is 10.6 Å². The number of carbonyl (C=O) groups is 1. The molecule has 3 N–H and O–H groups in total. The minimum absolute atomic E-state index is 0.183. The Balaban J connectivity index is 2.41. The number of phenolic OH excluding ortho intramolecular Hbond substituents is 1. The van der Waals surface area contributed by atoms with E-state index in [0.717, 1.165) is 0 Å². The fourth-order valence-electron chi connectivity index (χ4n) is 1.02. The van der Waals surface area contributed by atoms with Gasteiger partial charge >= 0.3 is 6.03 Å². The van der Waals surface area contributed by atoms with Crippen molar-refractivity contribution in [2.24, 2.45) is 5.92 Å². The molecule has 2 amide bonds. The van der Waals surface area contributed by atoms with Gasteiger partial charge in [0.25, 0.3) is 0 Å². The second-order valence-electron chi connectivity index (χ2n) is 3.78. The number of phenols is 1. The molecule has 0 spiro atoms. The Labute approximate surface area is 89.3 Å².